The Labute approximate surface area is 161 Å². The summed E-state index contributed by atoms with van der Waals surface area (Å²) in [6, 6.07) is 13.2. The van der Waals surface area contributed by atoms with E-state index in [0.29, 0.717) is 30.2 Å². The maximum absolute atomic E-state index is 12.9. The van der Waals surface area contributed by atoms with Gasteiger partial charge in [0.1, 0.15) is 11.8 Å². The predicted octanol–water partition coefficient (Wildman–Crippen LogP) is 3.58. The summed E-state index contributed by atoms with van der Waals surface area (Å²) < 4.78 is 31.5. The first kappa shape index (κ1) is 20.8. The molecule has 0 radical (unpaired) electrons. The van der Waals surface area contributed by atoms with Crippen LogP contribution in [0.1, 0.15) is 25.8 Å². The fourth-order valence-electron chi connectivity index (χ4n) is 2.85. The molecule has 2 rings (SSSR count). The first-order valence-corrected chi connectivity index (χ1v) is 10.7. The van der Waals surface area contributed by atoms with Crippen LogP contribution in [-0.4, -0.2) is 33.2 Å². The highest BCUT2D eigenvalue weighted by atomic mass is 32.2. The van der Waals surface area contributed by atoms with Gasteiger partial charge in [-0.3, -0.25) is 9.10 Å². The van der Waals surface area contributed by atoms with Gasteiger partial charge in [0.05, 0.1) is 18.6 Å². The van der Waals surface area contributed by atoms with E-state index in [-0.39, 0.29) is 5.91 Å². The van der Waals surface area contributed by atoms with Crippen molar-refractivity contribution in [1.82, 2.24) is 0 Å². The molecule has 7 heteroatoms. The van der Waals surface area contributed by atoms with Crippen LogP contribution in [0.25, 0.3) is 0 Å². The van der Waals surface area contributed by atoms with Gasteiger partial charge in [-0.1, -0.05) is 19.1 Å². The van der Waals surface area contributed by atoms with Crippen molar-refractivity contribution in [3.63, 3.8) is 0 Å². The molecule has 0 saturated carbocycles. The Morgan fingerprint density at radius 3 is 2.33 bits per heavy atom. The number of hydrogen-bond donors (Lipinski definition) is 1. The fraction of sp³-hybridized carbons (Fsp3) is 0.350. The van der Waals surface area contributed by atoms with Gasteiger partial charge in [-0.05, 0) is 62.2 Å². The van der Waals surface area contributed by atoms with Crippen molar-refractivity contribution in [3.8, 4) is 5.75 Å². The molecule has 2 aromatic rings. The lowest BCUT2D eigenvalue weighted by molar-refractivity contribution is -0.117. The number of benzene rings is 2. The van der Waals surface area contributed by atoms with Crippen LogP contribution in [0, 0.1) is 6.92 Å². The fourth-order valence-corrected chi connectivity index (χ4v) is 4.06. The third-order valence-corrected chi connectivity index (χ3v) is 5.20. The Hall–Kier alpha value is -2.54. The first-order chi connectivity index (χ1) is 12.8. The van der Waals surface area contributed by atoms with Crippen LogP contribution < -0.4 is 14.4 Å². The van der Waals surface area contributed by atoms with Gasteiger partial charge >= 0.3 is 0 Å². The van der Waals surface area contributed by atoms with Gasteiger partial charge in [0.15, 0.2) is 0 Å². The van der Waals surface area contributed by atoms with Gasteiger partial charge in [-0.15, -0.1) is 0 Å². The van der Waals surface area contributed by atoms with Crippen LogP contribution in [-0.2, 0) is 14.8 Å². The summed E-state index contributed by atoms with van der Waals surface area (Å²) in [5, 5.41) is 2.80. The first-order valence-electron chi connectivity index (χ1n) is 8.86. The second-order valence-electron chi connectivity index (χ2n) is 6.27. The summed E-state index contributed by atoms with van der Waals surface area (Å²) in [7, 11) is -3.64. The van der Waals surface area contributed by atoms with Crippen LogP contribution >= 0.6 is 0 Å². The van der Waals surface area contributed by atoms with Crippen LogP contribution in [0.3, 0.4) is 0 Å². The van der Waals surface area contributed by atoms with Gasteiger partial charge in [-0.25, -0.2) is 8.42 Å². The Balaban J connectivity index is 2.29. The SMILES string of the molecule is CCOc1ccc(NC(=O)C(CC)N(c2cccc(C)c2)S(C)(=O)=O)cc1. The Bertz CT molecular complexity index is 879. The van der Waals surface area contributed by atoms with Crippen LogP contribution in [0.2, 0.25) is 0 Å². The third-order valence-electron chi connectivity index (χ3n) is 4.02. The summed E-state index contributed by atoms with van der Waals surface area (Å²) >= 11 is 0. The van der Waals surface area contributed by atoms with E-state index in [1.54, 1.807) is 49.4 Å². The minimum absolute atomic E-state index is 0.337. The summed E-state index contributed by atoms with van der Waals surface area (Å²) in [5.74, 6) is 0.327. The summed E-state index contributed by atoms with van der Waals surface area (Å²) in [5.41, 5.74) is 1.98. The number of nitrogens with one attached hydrogen (secondary N) is 1. The summed E-state index contributed by atoms with van der Waals surface area (Å²) in [6.07, 6.45) is 1.45. The third kappa shape index (κ3) is 5.47. The van der Waals surface area contributed by atoms with Crippen LogP contribution in [0.15, 0.2) is 48.5 Å². The van der Waals surface area contributed by atoms with E-state index in [1.165, 1.54) is 4.31 Å². The number of aryl methyl sites for hydroxylation is 1. The standard InChI is InChI=1S/C20H26N2O4S/c1-5-19(20(23)21-16-10-12-18(13-11-16)26-6-2)22(27(4,24)25)17-9-7-8-15(3)14-17/h7-14,19H,5-6H2,1-4H3,(H,21,23). The molecule has 0 aliphatic rings. The van der Waals surface area contributed by atoms with Crippen molar-refractivity contribution in [2.75, 3.05) is 22.5 Å². The second-order valence-corrected chi connectivity index (χ2v) is 8.13. The normalized spacial score (nSPS) is 12.3. The molecule has 2 aromatic carbocycles. The zero-order valence-corrected chi connectivity index (χ0v) is 16.9. The van der Waals surface area contributed by atoms with Crippen molar-refractivity contribution in [1.29, 1.82) is 0 Å². The quantitative estimate of drug-likeness (QED) is 0.748. The minimum atomic E-state index is -3.64. The van der Waals surface area contributed by atoms with Crippen LogP contribution in [0.5, 0.6) is 5.75 Å². The number of carbonyl (C=O) groups excluding carboxylic acids is 1. The minimum Gasteiger partial charge on any atom is -0.494 e. The van der Waals surface area contributed by atoms with Gasteiger partial charge in [0.2, 0.25) is 15.9 Å². The molecule has 1 N–H and O–H groups in total. The number of anilines is 2. The molecule has 0 saturated heterocycles. The molecule has 1 atom stereocenters. The lowest BCUT2D eigenvalue weighted by atomic mass is 10.1. The monoisotopic (exact) mass is 390 g/mol. The molecule has 0 fully saturated rings. The van der Waals surface area contributed by atoms with Crippen molar-refractivity contribution < 1.29 is 17.9 Å². The Morgan fingerprint density at radius 1 is 1.15 bits per heavy atom. The zero-order valence-electron chi connectivity index (χ0n) is 16.1. The second kappa shape index (κ2) is 8.90. The van der Waals surface area contributed by atoms with E-state index in [0.717, 1.165) is 11.8 Å². The maximum Gasteiger partial charge on any atom is 0.248 e. The number of hydrogen-bond acceptors (Lipinski definition) is 4. The predicted molar refractivity (Wildman–Crippen MR) is 109 cm³/mol. The van der Waals surface area contributed by atoms with Gasteiger partial charge in [0, 0.05) is 5.69 Å². The van der Waals surface area contributed by atoms with E-state index >= 15 is 0 Å². The number of carbonyl (C=O) groups is 1. The topological polar surface area (TPSA) is 75.7 Å². The van der Waals surface area contributed by atoms with Crippen molar-refractivity contribution in [3.05, 3.63) is 54.1 Å². The zero-order chi connectivity index (χ0) is 20.0. The number of nitrogens with zero attached hydrogens (tertiary/aromatic N) is 1. The molecule has 0 spiro atoms. The highest BCUT2D eigenvalue weighted by Crippen LogP contribution is 2.24. The molecule has 0 aromatic heterocycles. The molecule has 27 heavy (non-hydrogen) atoms. The highest BCUT2D eigenvalue weighted by Gasteiger charge is 2.31. The number of ether oxygens (including phenoxy) is 1. The highest BCUT2D eigenvalue weighted by molar-refractivity contribution is 7.92. The van der Waals surface area contributed by atoms with Crippen molar-refractivity contribution in [2.45, 2.75) is 33.2 Å². The average Bonchev–Trinajstić information content (AvgIpc) is 2.60. The summed E-state index contributed by atoms with van der Waals surface area (Å²) in [4.78, 5) is 12.9. The van der Waals surface area contributed by atoms with Gasteiger partial charge in [0.25, 0.3) is 0 Å². The van der Waals surface area contributed by atoms with E-state index < -0.39 is 16.1 Å². The molecule has 0 aliphatic heterocycles. The Kier molecular flexibility index (Phi) is 6.85. The van der Waals surface area contributed by atoms with E-state index in [4.69, 9.17) is 4.74 Å². The number of sulfonamides is 1. The molecule has 0 heterocycles. The molecule has 6 nitrogen and oxygen atoms in total. The molecular weight excluding hydrogens is 364 g/mol. The van der Waals surface area contributed by atoms with Crippen molar-refractivity contribution in [2.24, 2.45) is 0 Å². The van der Waals surface area contributed by atoms with Gasteiger partial charge in [-0.2, -0.15) is 0 Å². The molecule has 146 valence electrons. The summed E-state index contributed by atoms with van der Waals surface area (Å²) in [6.45, 7) is 6.12. The van der Waals surface area contributed by atoms with E-state index in [9.17, 15) is 13.2 Å². The smallest absolute Gasteiger partial charge is 0.248 e. The number of amides is 1. The molecular formula is C20H26N2O4S. The lowest BCUT2D eigenvalue weighted by Gasteiger charge is -2.30. The lowest BCUT2D eigenvalue weighted by Crippen LogP contribution is -2.47. The molecule has 0 bridgehead atoms. The van der Waals surface area contributed by atoms with E-state index in [1.807, 2.05) is 19.9 Å². The maximum atomic E-state index is 12.9. The van der Waals surface area contributed by atoms with E-state index in [2.05, 4.69) is 5.32 Å². The Morgan fingerprint density at radius 2 is 1.81 bits per heavy atom. The van der Waals surface area contributed by atoms with Gasteiger partial charge < -0.3 is 10.1 Å². The molecule has 1 amide bonds. The van der Waals surface area contributed by atoms with Crippen LogP contribution in [0.4, 0.5) is 11.4 Å². The van der Waals surface area contributed by atoms with Crippen molar-refractivity contribution >= 4 is 27.3 Å². The largest absolute Gasteiger partial charge is 0.494 e. The molecule has 0 aliphatic carbocycles. The number of rotatable bonds is 8. The molecule has 1 unspecified atom stereocenters. The average molecular weight is 391 g/mol.